The van der Waals surface area contributed by atoms with Crippen LogP contribution in [0, 0.1) is 5.92 Å². The summed E-state index contributed by atoms with van der Waals surface area (Å²) in [6.07, 6.45) is 4.65. The number of hydrogen-bond donors (Lipinski definition) is 7. The van der Waals surface area contributed by atoms with Crippen molar-refractivity contribution in [3.05, 3.63) is 122 Å². The Morgan fingerprint density at radius 3 is 1.24 bits per heavy atom. The minimum Gasteiger partial charge on any atom is -0.408 e. The number of aromatic nitrogens is 16. The third-order valence-corrected chi connectivity index (χ3v) is 36.8. The summed E-state index contributed by atoms with van der Waals surface area (Å²) in [4.78, 5) is 126. The number of carbonyl (C=O) groups is 1. The molecule has 8 aromatic heterocycles. The Morgan fingerprint density at radius 2 is 0.806 bits per heavy atom. The third-order valence-electron chi connectivity index (χ3n) is 26.1. The number of benzene rings is 1. The van der Waals surface area contributed by atoms with Crippen molar-refractivity contribution in [1.82, 2.24) is 97.7 Å². The molecule has 0 radical (unpaired) electrons. The number of nitrogens with one attached hydrogen (secondary N) is 1. The molecule has 20 atom stereocenters. The van der Waals surface area contributed by atoms with Crippen LogP contribution in [0.3, 0.4) is 0 Å². The summed E-state index contributed by atoms with van der Waals surface area (Å²) in [5.41, 5.74) is 4.99. The molecule has 28 bridgehead atoms. The molecule has 1 aromatic carbocycles. The van der Waals surface area contributed by atoms with E-state index in [0.717, 1.165) is 0 Å². The van der Waals surface area contributed by atoms with Crippen LogP contribution in [0.5, 0.6) is 0 Å². The topological polar surface area (TPSA) is 461 Å². The predicted molar refractivity (Wildman–Crippen MR) is 545 cm³/mol. The summed E-state index contributed by atoms with van der Waals surface area (Å²) in [5, 5.41) is 25.7. The molecule has 768 valence electrons. The first-order chi connectivity index (χ1) is 66.4. The number of aliphatic hydroxyl groups is 2. The highest BCUT2D eigenvalue weighted by atomic mass is 32.5. The van der Waals surface area contributed by atoms with Gasteiger partial charge in [-0.25, -0.2) is 59.8 Å². The van der Waals surface area contributed by atoms with Gasteiger partial charge in [-0.05, 0) is 182 Å². The molecule has 42 nitrogen and oxygen atoms in total. The lowest BCUT2D eigenvalue weighted by molar-refractivity contribution is -0.0615. The fourth-order valence-electron chi connectivity index (χ4n) is 16.8. The van der Waals surface area contributed by atoms with E-state index in [1.807, 2.05) is 37.3 Å². The SMILES string of the molecule is CCN(CC)CC.CCN(CC)CC.CCN(CC)CC.CCN(CC)CC.C[C@H]1[C@H]2OP(O)(=S)OC[C@H]3O[C@@H]4[C@H](OP(O)(=S)OC[C@H]1O[C@H]2n1cnc2c(ncnc21)CC/C=C/CN(C(=O)c1ccccc1)c1ncnc2c1ncn24)[C@@H]3O[Si](C)(C)C(C)(C)C.O[C@H]1[C@H]2OP(O)(=S)OC[C@H]3O[C@@H]4[C@H](OP(O)(=S)OC[C@H]1O[C@H]2n1cnc2c(ncnc21)CC/C=C/CNc1ncnc2c1ncn24)[C@@H]3O. The van der Waals surface area contributed by atoms with Gasteiger partial charge >= 0.3 is 26.9 Å². The zero-order valence-electron chi connectivity index (χ0n) is 82.3. The van der Waals surface area contributed by atoms with Crippen LogP contribution in [0.15, 0.2) is 105 Å². The van der Waals surface area contributed by atoms with Crippen molar-refractivity contribution in [2.45, 2.75) is 247 Å². The van der Waals surface area contributed by atoms with E-state index in [1.54, 1.807) is 39.7 Å². The van der Waals surface area contributed by atoms with Crippen molar-refractivity contribution in [2.75, 3.05) is 128 Å². The molecule has 9 aromatic rings. The Balaban J connectivity index is 0.000000199. The van der Waals surface area contributed by atoms with Gasteiger partial charge in [0, 0.05) is 24.6 Å². The quantitative estimate of drug-likeness (QED) is 0.0285. The molecule has 139 heavy (non-hydrogen) atoms. The molecule has 10 aliphatic rings. The number of hydrogen-bond acceptors (Lipinski definition) is 37. The van der Waals surface area contributed by atoms with Gasteiger partial charge in [-0.15, -0.1) is 0 Å². The standard InChI is InChI=1S/C39H49N9O10P2S2Si.C25H29N9O10P2S2.4C6H15N/c1-23-26-17-52-60(51,62)57-32-31(58-63(5,6)39(2,3)4)27-18-53-59(50,61)56-30(23)37(54-26)47-21-44-28-25(40-19-41-33(28)47)15-11-8-12-16-46(36(49)24-13-9-7-10-14-24)34-29-35(43-20-42-34)48(22-45-29)38(32)55-27;35-17-13-6-39-46(38,48)44-20-18(36)14-7-40-45(37,47)43-19(17)24(41-13)33-10-31-15-12(27-8-29-22(15)33)4-2-1-3-5-26-21-16-23(30-9-28-21)34(11-32-16)25(20)42-14;4*1-4-7(5-2)6-3/h7-10,12-14,19-23,26-27,30-32,37-38H,11,15-18H2,1-6H3,(H,50,61)(H,51,62);1,3,8-11,13-14,17-20,24-25,35-36H,2,4-7H2,(H,37,47)(H,38,48)(H,26,28,30);4*4-6H2,1-3H3/b12-8+;3-1+;;;;/t23-,26-,27-,30-,31-,32-,37-,38-,59?,60?;13-,14-,17-,18-,19-,20-,24-,25-,45?,46?;;;;/m11..../s1. The first-order valence-electron chi connectivity index (χ1n) is 47.7. The maximum absolute atomic E-state index is 14.3. The van der Waals surface area contributed by atoms with Crippen LogP contribution in [0.1, 0.15) is 170 Å². The molecule has 0 aliphatic carbocycles. The van der Waals surface area contributed by atoms with E-state index in [-0.39, 0.29) is 47.7 Å². The van der Waals surface area contributed by atoms with Gasteiger partial charge in [-0.2, -0.15) is 0 Å². The average molecular weight is 2100 g/mol. The Kier molecular flexibility index (Phi) is 40.6. The van der Waals surface area contributed by atoms with E-state index < -0.39 is 146 Å². The Labute approximate surface area is 834 Å². The number of nitrogens with zero attached hydrogens (tertiary/aromatic N) is 21. The van der Waals surface area contributed by atoms with E-state index in [4.69, 9.17) is 117 Å². The zero-order chi connectivity index (χ0) is 100. The minimum atomic E-state index is -4.15. The molecule has 6 fully saturated rings. The largest absolute Gasteiger partial charge is 0.408 e. The van der Waals surface area contributed by atoms with Gasteiger partial charge < -0.3 is 101 Å². The number of aryl methyl sites for hydroxylation is 2. The normalized spacial score (nSPS) is 30.0. The number of aliphatic hydroxyl groups excluding tert-OH is 2. The van der Waals surface area contributed by atoms with E-state index in [9.17, 15) is 34.6 Å². The van der Waals surface area contributed by atoms with Crippen molar-refractivity contribution in [3.8, 4) is 0 Å². The summed E-state index contributed by atoms with van der Waals surface area (Å²) in [6, 6.07) is 8.90. The molecule has 51 heteroatoms. The first kappa shape index (κ1) is 112. The Bertz CT molecular complexity index is 5540. The van der Waals surface area contributed by atoms with Gasteiger partial charge in [0.15, 0.2) is 78.5 Å². The summed E-state index contributed by atoms with van der Waals surface area (Å²) in [5.74, 6) is -0.0929. The van der Waals surface area contributed by atoms with Crippen LogP contribution in [-0.2, 0) is 120 Å². The van der Waals surface area contributed by atoms with Crippen molar-refractivity contribution in [2.24, 2.45) is 5.92 Å². The average Bonchev–Trinajstić information content (AvgIpc) is 1.62. The molecule has 7 N–H and O–H groups in total. The molecule has 6 saturated heterocycles. The van der Waals surface area contributed by atoms with Gasteiger partial charge in [0.1, 0.15) is 97.4 Å². The van der Waals surface area contributed by atoms with Gasteiger partial charge in [-0.1, -0.05) is 153 Å². The Hall–Kier alpha value is -5.93. The Morgan fingerprint density at radius 1 is 0.453 bits per heavy atom. The van der Waals surface area contributed by atoms with Crippen LogP contribution in [0.25, 0.3) is 44.7 Å². The number of imidazole rings is 4. The second kappa shape index (κ2) is 50.4. The summed E-state index contributed by atoms with van der Waals surface area (Å²) >= 11 is 22.2. The molecule has 0 saturated carbocycles. The van der Waals surface area contributed by atoms with Gasteiger partial charge in [0.05, 0.1) is 69.2 Å². The number of allylic oxidation sites excluding steroid dienone is 2. The van der Waals surface area contributed by atoms with E-state index in [2.05, 4.69) is 192 Å². The minimum absolute atomic E-state index is 0.145. The van der Waals surface area contributed by atoms with Crippen molar-refractivity contribution in [1.29, 1.82) is 0 Å². The number of carbonyl (C=O) groups excluding carboxylic acids is 1. The maximum Gasteiger partial charge on any atom is 0.325 e. The monoisotopic (exact) mass is 2100 g/mol. The lowest BCUT2D eigenvalue weighted by Crippen LogP contribution is -2.50. The fraction of sp³-hybridized carbons (Fsp3) is 0.648. The van der Waals surface area contributed by atoms with Crippen LogP contribution < -0.4 is 10.2 Å². The van der Waals surface area contributed by atoms with Crippen LogP contribution in [0.4, 0.5) is 11.6 Å². The number of amides is 1. The highest BCUT2D eigenvalue weighted by molar-refractivity contribution is 8.08. The fourth-order valence-corrected chi connectivity index (χ4v) is 23.8. The zero-order valence-corrected chi connectivity index (χ0v) is 90.2. The van der Waals surface area contributed by atoms with Crippen LogP contribution >= 0.6 is 26.9 Å². The number of anilines is 2. The molecule has 18 heterocycles. The molecule has 1 amide bonds. The highest BCUT2D eigenvalue weighted by Crippen LogP contribution is 2.58. The molecule has 4 unspecified atom stereocenters. The summed E-state index contributed by atoms with van der Waals surface area (Å²) < 4.78 is 87.5. The van der Waals surface area contributed by atoms with Crippen molar-refractivity contribution < 1.29 is 94.1 Å². The molecule has 0 spiro atoms. The lowest BCUT2D eigenvalue weighted by Gasteiger charge is -2.41. The third kappa shape index (κ3) is 27.5. The maximum atomic E-state index is 14.3. The molecule has 10 aliphatic heterocycles. The second-order valence-corrected chi connectivity index (χ2v) is 51.2. The van der Waals surface area contributed by atoms with Gasteiger partial charge in [-0.3, -0.25) is 41.5 Å². The second-order valence-electron chi connectivity index (χ2n) is 35.3. The summed E-state index contributed by atoms with van der Waals surface area (Å²) in [7, 11) is -2.67. The van der Waals surface area contributed by atoms with E-state index >= 15 is 0 Å². The molecular formula is C88H138N22O20P4S4Si. The first-order valence-corrected chi connectivity index (χ1v) is 60.9. The van der Waals surface area contributed by atoms with Gasteiger partial charge in [0.2, 0.25) is 0 Å². The van der Waals surface area contributed by atoms with Gasteiger partial charge in [0.25, 0.3) is 5.91 Å². The van der Waals surface area contributed by atoms with E-state index in [1.165, 1.54) is 137 Å². The molecular weight excluding hydrogens is 1970 g/mol. The van der Waals surface area contributed by atoms with Crippen LogP contribution in [0.2, 0.25) is 18.1 Å². The van der Waals surface area contributed by atoms with Crippen LogP contribution in [-0.4, -0.2) is 327 Å². The molecule has 19 rings (SSSR count). The number of ether oxygens (including phenoxy) is 4. The van der Waals surface area contributed by atoms with Crippen molar-refractivity contribution >= 4 is 145 Å². The van der Waals surface area contributed by atoms with Crippen molar-refractivity contribution in [3.63, 3.8) is 0 Å². The lowest BCUT2D eigenvalue weighted by atomic mass is 10.0. The number of fused-ring (bicyclic) bond motifs is 20. The van der Waals surface area contributed by atoms with E-state index in [0.29, 0.717) is 88.5 Å². The predicted octanol–water partition coefficient (Wildman–Crippen LogP) is 11.6. The smallest absolute Gasteiger partial charge is 0.325 e. The summed E-state index contributed by atoms with van der Waals surface area (Å²) in [6.45, 7) is 35.4. The number of rotatable bonds is 15. The highest BCUT2D eigenvalue weighted by Gasteiger charge is 2.57.